The summed E-state index contributed by atoms with van der Waals surface area (Å²) in [6.45, 7) is 0. The van der Waals surface area contributed by atoms with Gasteiger partial charge < -0.3 is 5.11 Å². The molecule has 0 saturated heterocycles. The lowest BCUT2D eigenvalue weighted by Gasteiger charge is -1.98. The third kappa shape index (κ3) is 2.50. The zero-order valence-corrected chi connectivity index (χ0v) is 9.04. The summed E-state index contributed by atoms with van der Waals surface area (Å²) in [4.78, 5) is 4.20. The molecule has 0 spiro atoms. The van der Waals surface area contributed by atoms with Crippen LogP contribution in [-0.2, 0) is 0 Å². The fourth-order valence-corrected chi connectivity index (χ4v) is 1.42. The van der Waals surface area contributed by atoms with Gasteiger partial charge in [-0.3, -0.25) is 4.99 Å². The molecule has 0 aliphatic carbocycles. The second-order valence-electron chi connectivity index (χ2n) is 3.45. The van der Waals surface area contributed by atoms with Gasteiger partial charge in [0.2, 0.25) is 0 Å². The summed E-state index contributed by atoms with van der Waals surface area (Å²) in [6.07, 6.45) is 1.55. The van der Waals surface area contributed by atoms with Gasteiger partial charge in [-0.25, -0.2) is 0 Å². The molecule has 0 aliphatic rings. The minimum atomic E-state index is 0.172. The van der Waals surface area contributed by atoms with Crippen molar-refractivity contribution in [3.8, 4) is 11.8 Å². The lowest BCUT2D eigenvalue weighted by Crippen LogP contribution is -1.82. The van der Waals surface area contributed by atoms with Crippen LogP contribution in [0.5, 0.6) is 5.75 Å². The number of aliphatic imine (C=N–C) groups is 1. The van der Waals surface area contributed by atoms with Crippen LogP contribution in [0.2, 0.25) is 0 Å². The maximum atomic E-state index is 9.56. The predicted octanol–water partition coefficient (Wildman–Crippen LogP) is 3.01. The van der Waals surface area contributed by atoms with Gasteiger partial charge in [-0.05, 0) is 24.3 Å². The standard InChI is InChI=1S/C14H10N2O/c15-9-11-5-1-3-7-13(11)16-10-12-6-2-4-8-14(12)17/h1-8,10,17H/b16-10+. The highest BCUT2D eigenvalue weighted by Gasteiger charge is 1.98. The minimum Gasteiger partial charge on any atom is -0.507 e. The van der Waals surface area contributed by atoms with Crippen LogP contribution in [0.4, 0.5) is 5.69 Å². The molecule has 17 heavy (non-hydrogen) atoms. The summed E-state index contributed by atoms with van der Waals surface area (Å²) in [6, 6.07) is 16.1. The number of hydrogen-bond donors (Lipinski definition) is 1. The average Bonchev–Trinajstić information content (AvgIpc) is 2.38. The summed E-state index contributed by atoms with van der Waals surface area (Å²) in [5.41, 5.74) is 1.73. The molecule has 0 saturated carbocycles. The number of benzene rings is 2. The number of nitrogens with zero attached hydrogens (tertiary/aromatic N) is 2. The molecule has 2 aromatic carbocycles. The first-order valence-electron chi connectivity index (χ1n) is 5.12. The van der Waals surface area contributed by atoms with Crippen molar-refractivity contribution in [2.45, 2.75) is 0 Å². The Morgan fingerprint density at radius 1 is 1.06 bits per heavy atom. The third-order valence-corrected chi connectivity index (χ3v) is 2.30. The molecule has 3 nitrogen and oxygen atoms in total. The number of phenolic OH excluding ortho intramolecular Hbond substituents is 1. The average molecular weight is 222 g/mol. The van der Waals surface area contributed by atoms with E-state index in [0.29, 0.717) is 16.8 Å². The molecule has 3 heteroatoms. The Labute approximate surface area is 99.3 Å². The predicted molar refractivity (Wildman–Crippen MR) is 66.5 cm³/mol. The molecule has 0 radical (unpaired) electrons. The Balaban J connectivity index is 2.33. The minimum absolute atomic E-state index is 0.172. The first kappa shape index (κ1) is 10.9. The number of para-hydroxylation sites is 2. The van der Waals surface area contributed by atoms with Gasteiger partial charge in [-0.15, -0.1) is 0 Å². The number of nitriles is 1. The maximum Gasteiger partial charge on any atom is 0.124 e. The molecule has 0 bridgehead atoms. The van der Waals surface area contributed by atoms with Gasteiger partial charge in [0, 0.05) is 11.8 Å². The van der Waals surface area contributed by atoms with Crippen molar-refractivity contribution in [2.24, 2.45) is 4.99 Å². The van der Waals surface area contributed by atoms with E-state index in [-0.39, 0.29) is 5.75 Å². The molecule has 0 heterocycles. The Bertz CT molecular complexity index is 597. The van der Waals surface area contributed by atoms with Gasteiger partial charge in [0.05, 0.1) is 11.3 Å². The number of phenols is 1. The molecule has 0 aromatic heterocycles. The van der Waals surface area contributed by atoms with Crippen molar-refractivity contribution in [1.82, 2.24) is 0 Å². The highest BCUT2D eigenvalue weighted by atomic mass is 16.3. The lowest BCUT2D eigenvalue weighted by atomic mass is 10.2. The number of aromatic hydroxyl groups is 1. The molecular formula is C14H10N2O. The quantitative estimate of drug-likeness (QED) is 0.794. The molecule has 1 N–H and O–H groups in total. The van der Waals surface area contributed by atoms with Crippen molar-refractivity contribution >= 4 is 11.9 Å². The summed E-state index contributed by atoms with van der Waals surface area (Å²) < 4.78 is 0. The molecule has 0 fully saturated rings. The van der Waals surface area contributed by atoms with E-state index in [4.69, 9.17) is 5.26 Å². The Kier molecular flexibility index (Phi) is 3.18. The molecule has 0 atom stereocenters. The molecule has 2 rings (SSSR count). The Morgan fingerprint density at radius 2 is 1.76 bits per heavy atom. The van der Waals surface area contributed by atoms with Crippen LogP contribution in [-0.4, -0.2) is 11.3 Å². The van der Waals surface area contributed by atoms with E-state index in [1.807, 2.05) is 12.1 Å². The van der Waals surface area contributed by atoms with Crippen LogP contribution < -0.4 is 0 Å². The zero-order chi connectivity index (χ0) is 12.1. The monoisotopic (exact) mass is 222 g/mol. The first-order chi connectivity index (χ1) is 8.31. The van der Waals surface area contributed by atoms with Crippen molar-refractivity contribution in [3.63, 3.8) is 0 Å². The van der Waals surface area contributed by atoms with E-state index in [0.717, 1.165) is 0 Å². The van der Waals surface area contributed by atoms with E-state index < -0.39 is 0 Å². The van der Waals surface area contributed by atoms with Gasteiger partial charge in [-0.2, -0.15) is 5.26 Å². The first-order valence-corrected chi connectivity index (χ1v) is 5.12. The third-order valence-electron chi connectivity index (χ3n) is 2.30. The fraction of sp³-hybridized carbons (Fsp3) is 0. The van der Waals surface area contributed by atoms with E-state index in [1.165, 1.54) is 0 Å². The largest absolute Gasteiger partial charge is 0.507 e. The smallest absolute Gasteiger partial charge is 0.124 e. The highest BCUT2D eigenvalue weighted by Crippen LogP contribution is 2.19. The van der Waals surface area contributed by atoms with Crippen molar-refractivity contribution in [1.29, 1.82) is 5.26 Å². The SMILES string of the molecule is N#Cc1ccccc1/N=C/c1ccccc1O. The maximum absolute atomic E-state index is 9.56. The van der Waals surface area contributed by atoms with Crippen LogP contribution in [0.25, 0.3) is 0 Å². The molecule has 0 unspecified atom stereocenters. The second-order valence-corrected chi connectivity index (χ2v) is 3.45. The van der Waals surface area contributed by atoms with Gasteiger partial charge in [-0.1, -0.05) is 24.3 Å². The Morgan fingerprint density at radius 3 is 2.53 bits per heavy atom. The molecular weight excluding hydrogens is 212 g/mol. The molecule has 82 valence electrons. The van der Waals surface area contributed by atoms with Crippen LogP contribution in [0.3, 0.4) is 0 Å². The summed E-state index contributed by atoms with van der Waals surface area (Å²) >= 11 is 0. The van der Waals surface area contributed by atoms with Gasteiger partial charge in [0.1, 0.15) is 11.8 Å². The van der Waals surface area contributed by atoms with Gasteiger partial charge >= 0.3 is 0 Å². The lowest BCUT2D eigenvalue weighted by molar-refractivity contribution is 0.474. The summed E-state index contributed by atoms with van der Waals surface area (Å²) in [7, 11) is 0. The zero-order valence-electron chi connectivity index (χ0n) is 9.04. The van der Waals surface area contributed by atoms with E-state index in [1.54, 1.807) is 42.6 Å². The van der Waals surface area contributed by atoms with Gasteiger partial charge in [0.15, 0.2) is 0 Å². The van der Waals surface area contributed by atoms with Crippen molar-refractivity contribution in [2.75, 3.05) is 0 Å². The fourth-order valence-electron chi connectivity index (χ4n) is 1.42. The number of rotatable bonds is 2. The highest BCUT2D eigenvalue weighted by molar-refractivity contribution is 5.85. The van der Waals surface area contributed by atoms with Gasteiger partial charge in [0.25, 0.3) is 0 Å². The second kappa shape index (κ2) is 4.95. The van der Waals surface area contributed by atoms with Crippen LogP contribution >= 0.6 is 0 Å². The molecule has 0 amide bonds. The number of hydrogen-bond acceptors (Lipinski definition) is 3. The topological polar surface area (TPSA) is 56.4 Å². The Hall–Kier alpha value is -2.60. The van der Waals surface area contributed by atoms with Crippen LogP contribution in [0.15, 0.2) is 53.5 Å². The summed E-state index contributed by atoms with van der Waals surface area (Å²) in [5.74, 6) is 0.172. The van der Waals surface area contributed by atoms with Crippen molar-refractivity contribution in [3.05, 3.63) is 59.7 Å². The van der Waals surface area contributed by atoms with Crippen molar-refractivity contribution < 1.29 is 5.11 Å². The van der Waals surface area contributed by atoms with E-state index in [9.17, 15) is 5.11 Å². The molecule has 0 aliphatic heterocycles. The van der Waals surface area contributed by atoms with Crippen LogP contribution in [0.1, 0.15) is 11.1 Å². The van der Waals surface area contributed by atoms with E-state index in [2.05, 4.69) is 11.1 Å². The van der Waals surface area contributed by atoms with E-state index >= 15 is 0 Å². The molecule has 2 aromatic rings. The summed E-state index contributed by atoms with van der Waals surface area (Å²) in [5, 5.41) is 18.5. The normalized spacial score (nSPS) is 10.3. The van der Waals surface area contributed by atoms with Crippen LogP contribution in [0, 0.1) is 11.3 Å².